The third-order valence-electron chi connectivity index (χ3n) is 1.85. The van der Waals surface area contributed by atoms with Crippen LogP contribution in [0.15, 0.2) is 6.07 Å². The fourth-order valence-corrected chi connectivity index (χ4v) is 1.19. The molecular weight excluding hydrogens is 304 g/mol. The maximum absolute atomic E-state index is 12.4. The second kappa shape index (κ2) is 5.10. The van der Waals surface area contributed by atoms with E-state index in [-0.39, 0.29) is 6.07 Å². The highest BCUT2D eigenvalue weighted by molar-refractivity contribution is 5.43. The zero-order chi connectivity index (χ0) is 15.7. The van der Waals surface area contributed by atoms with Crippen molar-refractivity contribution in [2.75, 3.05) is 0 Å². The molecule has 0 aromatic carbocycles. The quantitative estimate of drug-likeness (QED) is 0.781. The number of pyridine rings is 1. The lowest BCUT2D eigenvalue weighted by atomic mass is 10.1. The van der Waals surface area contributed by atoms with Crippen molar-refractivity contribution in [3.05, 3.63) is 23.0 Å². The van der Waals surface area contributed by atoms with E-state index in [1.807, 2.05) is 0 Å². The topological polar surface area (TPSA) is 45.9 Å². The number of rotatable bonds is 2. The maximum Gasteiger partial charge on any atom is 0.573 e. The van der Waals surface area contributed by atoms with Gasteiger partial charge in [-0.25, -0.2) is 13.8 Å². The van der Waals surface area contributed by atoms with Gasteiger partial charge in [-0.2, -0.15) is 18.4 Å². The molecule has 0 unspecified atom stereocenters. The Bertz CT molecular complexity index is 543. The Morgan fingerprint density at radius 3 is 2.05 bits per heavy atom. The zero-order valence-corrected chi connectivity index (χ0v) is 8.98. The second-order valence-corrected chi connectivity index (χ2v) is 3.23. The molecule has 0 atom stereocenters. The second-order valence-electron chi connectivity index (χ2n) is 3.23. The van der Waals surface area contributed by atoms with Gasteiger partial charge in [0, 0.05) is 0 Å². The number of nitriles is 1. The summed E-state index contributed by atoms with van der Waals surface area (Å²) in [6.45, 7) is 0. The molecule has 3 nitrogen and oxygen atoms in total. The number of hydrogen-bond acceptors (Lipinski definition) is 3. The van der Waals surface area contributed by atoms with Crippen LogP contribution in [0.1, 0.15) is 23.4 Å². The molecule has 20 heavy (non-hydrogen) atoms. The van der Waals surface area contributed by atoms with Gasteiger partial charge in [-0.1, -0.05) is 0 Å². The van der Waals surface area contributed by atoms with E-state index in [9.17, 15) is 35.1 Å². The molecule has 0 fully saturated rings. The molecule has 0 N–H and O–H groups in total. The van der Waals surface area contributed by atoms with E-state index < -0.39 is 41.7 Å². The van der Waals surface area contributed by atoms with Gasteiger partial charge in [0.05, 0.1) is 5.56 Å². The first-order valence-corrected chi connectivity index (χ1v) is 4.52. The van der Waals surface area contributed by atoms with E-state index in [1.165, 1.54) is 0 Å². The molecule has 1 rings (SSSR count). The average molecular weight is 306 g/mol. The fraction of sp³-hybridized carbons (Fsp3) is 0.333. The van der Waals surface area contributed by atoms with Crippen molar-refractivity contribution in [3.63, 3.8) is 0 Å². The lowest BCUT2D eigenvalue weighted by Crippen LogP contribution is -2.20. The Morgan fingerprint density at radius 1 is 1.15 bits per heavy atom. The van der Waals surface area contributed by atoms with Gasteiger partial charge in [0.15, 0.2) is 17.1 Å². The van der Waals surface area contributed by atoms with Crippen LogP contribution in [0.25, 0.3) is 0 Å². The summed E-state index contributed by atoms with van der Waals surface area (Å²) >= 11 is 0. The van der Waals surface area contributed by atoms with E-state index in [1.54, 1.807) is 0 Å². The molecule has 0 amide bonds. The van der Waals surface area contributed by atoms with Gasteiger partial charge in [-0.15, -0.1) is 13.2 Å². The van der Waals surface area contributed by atoms with Crippen LogP contribution in [-0.4, -0.2) is 11.3 Å². The minimum absolute atomic E-state index is 0.202. The van der Waals surface area contributed by atoms with Crippen molar-refractivity contribution < 1.29 is 39.9 Å². The van der Waals surface area contributed by atoms with E-state index in [0.29, 0.717) is 0 Å². The largest absolute Gasteiger partial charge is 0.573 e. The van der Waals surface area contributed by atoms with Crippen molar-refractivity contribution in [1.29, 1.82) is 5.26 Å². The highest BCUT2D eigenvalue weighted by Gasteiger charge is 2.40. The molecule has 0 aliphatic heterocycles. The summed E-state index contributed by atoms with van der Waals surface area (Å²) in [5.74, 6) is -1.52. The van der Waals surface area contributed by atoms with Gasteiger partial charge in [-0.05, 0) is 6.07 Å². The van der Waals surface area contributed by atoms with Gasteiger partial charge in [0.25, 0.3) is 6.43 Å². The summed E-state index contributed by atoms with van der Waals surface area (Å²) in [6, 6.07) is 0.714. The molecule has 0 aliphatic carbocycles. The molecule has 0 saturated carbocycles. The van der Waals surface area contributed by atoms with Crippen LogP contribution in [0.4, 0.5) is 35.1 Å². The summed E-state index contributed by atoms with van der Waals surface area (Å²) in [5, 5.41) is 8.42. The molecule has 11 heteroatoms. The summed E-state index contributed by atoms with van der Waals surface area (Å²) < 4.78 is 101. The first-order valence-electron chi connectivity index (χ1n) is 4.52. The van der Waals surface area contributed by atoms with E-state index in [0.717, 1.165) is 6.07 Å². The summed E-state index contributed by atoms with van der Waals surface area (Å²) in [4.78, 5) is 2.48. The molecule has 1 aromatic rings. The summed E-state index contributed by atoms with van der Waals surface area (Å²) in [6.07, 6.45) is -14.5. The van der Waals surface area contributed by atoms with Gasteiger partial charge in [0.2, 0.25) is 0 Å². The zero-order valence-electron chi connectivity index (χ0n) is 8.98. The van der Waals surface area contributed by atoms with Crippen LogP contribution in [0, 0.1) is 11.3 Å². The predicted octanol–water partition coefficient (Wildman–Crippen LogP) is 3.81. The molecule has 110 valence electrons. The first-order chi connectivity index (χ1) is 8.95. The Kier molecular flexibility index (Phi) is 4.07. The normalized spacial score (nSPS) is 12.4. The lowest BCUT2D eigenvalue weighted by molar-refractivity contribution is -0.274. The first kappa shape index (κ1) is 15.9. The number of hydrogen-bond donors (Lipinski definition) is 0. The Hall–Kier alpha value is -2.12. The smallest absolute Gasteiger partial charge is 0.403 e. The molecule has 1 aromatic heterocycles. The molecule has 0 saturated heterocycles. The Morgan fingerprint density at radius 2 is 1.70 bits per heavy atom. The number of aromatic nitrogens is 1. The van der Waals surface area contributed by atoms with E-state index >= 15 is 0 Å². The predicted molar refractivity (Wildman–Crippen MR) is 45.6 cm³/mol. The molecule has 0 aliphatic rings. The summed E-state index contributed by atoms with van der Waals surface area (Å²) in [5.41, 5.74) is -5.35. The van der Waals surface area contributed by atoms with Crippen LogP contribution in [0.5, 0.6) is 5.75 Å². The van der Waals surface area contributed by atoms with E-state index in [2.05, 4.69) is 9.72 Å². The minimum Gasteiger partial charge on any atom is -0.403 e. The number of halogens is 8. The molecule has 1 heterocycles. The highest BCUT2D eigenvalue weighted by atomic mass is 19.4. The van der Waals surface area contributed by atoms with Crippen molar-refractivity contribution in [3.8, 4) is 11.8 Å². The van der Waals surface area contributed by atoms with Crippen LogP contribution < -0.4 is 4.74 Å². The Balaban J connectivity index is 3.51. The molecule has 0 spiro atoms. The lowest BCUT2D eigenvalue weighted by Gasteiger charge is -2.15. The monoisotopic (exact) mass is 306 g/mol. The van der Waals surface area contributed by atoms with Crippen molar-refractivity contribution >= 4 is 0 Å². The minimum atomic E-state index is -5.37. The van der Waals surface area contributed by atoms with Gasteiger partial charge in [-0.3, -0.25) is 0 Å². The third-order valence-corrected chi connectivity index (χ3v) is 1.85. The average Bonchev–Trinajstić information content (AvgIpc) is 2.24. The number of nitrogens with zero attached hydrogens (tertiary/aromatic N) is 2. The summed E-state index contributed by atoms with van der Waals surface area (Å²) in [7, 11) is 0. The van der Waals surface area contributed by atoms with Crippen LogP contribution >= 0.6 is 0 Å². The van der Waals surface area contributed by atoms with Crippen LogP contribution in [0.3, 0.4) is 0 Å². The third kappa shape index (κ3) is 3.69. The number of alkyl halides is 8. The Labute approximate surface area is 105 Å². The van der Waals surface area contributed by atoms with Gasteiger partial charge < -0.3 is 4.74 Å². The standard InChI is InChI=1S/C9H2F8N2O/c10-7(11)3-1-5(20-9(15,16)17)4(2-18)19-6(3)8(12,13)14/h1,7H. The number of ether oxygens (including phenoxy) is 1. The van der Waals surface area contributed by atoms with E-state index in [4.69, 9.17) is 5.26 Å². The SMILES string of the molecule is N#Cc1nc(C(F)(F)F)c(C(F)F)cc1OC(F)(F)F. The molecule has 0 bridgehead atoms. The van der Waals surface area contributed by atoms with Crippen LogP contribution in [0.2, 0.25) is 0 Å². The highest BCUT2D eigenvalue weighted by Crippen LogP contribution is 2.38. The van der Waals surface area contributed by atoms with Crippen molar-refractivity contribution in [1.82, 2.24) is 4.98 Å². The van der Waals surface area contributed by atoms with Crippen molar-refractivity contribution in [2.24, 2.45) is 0 Å². The van der Waals surface area contributed by atoms with Gasteiger partial charge in [0.1, 0.15) is 6.07 Å². The van der Waals surface area contributed by atoms with Crippen molar-refractivity contribution in [2.45, 2.75) is 19.0 Å². The molecular formula is C9H2F8N2O. The van der Waals surface area contributed by atoms with Gasteiger partial charge >= 0.3 is 12.5 Å². The maximum atomic E-state index is 12.4. The van der Waals surface area contributed by atoms with Crippen LogP contribution in [-0.2, 0) is 6.18 Å². The fourth-order valence-electron chi connectivity index (χ4n) is 1.19. The molecule has 0 radical (unpaired) electrons.